The average molecular weight is 262 g/mol. The fourth-order valence-corrected chi connectivity index (χ4v) is 0.430. The first-order chi connectivity index (χ1) is 6.41. The van der Waals surface area contributed by atoms with Crippen molar-refractivity contribution in [2.75, 3.05) is 0 Å². The maximum Gasteiger partial charge on any atom is 0.0487 e. The Morgan fingerprint density at radius 1 is 0.923 bits per heavy atom. The van der Waals surface area contributed by atoms with Crippen LogP contribution in [0.3, 0.4) is 0 Å². The van der Waals surface area contributed by atoms with Crippen LogP contribution in [0.5, 0.6) is 0 Å². The van der Waals surface area contributed by atoms with Gasteiger partial charge in [0.15, 0.2) is 0 Å². The molecule has 2 rings (SSSR count). The molecule has 0 aliphatic heterocycles. The SMILES string of the molecule is [Cl][Mn][Cl].c1cn[nH]c1.c1cn[nH]c1. The first-order valence-electron chi connectivity index (χ1n) is 3.16. The Bertz CT molecular complexity index is 174. The first-order valence-corrected chi connectivity index (χ1v) is 6.41. The number of rotatable bonds is 0. The van der Waals surface area contributed by atoms with Gasteiger partial charge in [-0.25, -0.2) is 0 Å². The Hall–Kier alpha value is -0.481. The second-order valence-corrected chi connectivity index (χ2v) is 3.54. The quantitative estimate of drug-likeness (QED) is 0.715. The molecule has 0 aromatic carbocycles. The zero-order valence-electron chi connectivity index (χ0n) is 6.49. The molecule has 4 nitrogen and oxygen atoms in total. The van der Waals surface area contributed by atoms with E-state index in [2.05, 4.69) is 20.4 Å². The summed E-state index contributed by atoms with van der Waals surface area (Å²) >= 11 is 0.00694. The van der Waals surface area contributed by atoms with Gasteiger partial charge in [-0.15, -0.1) is 0 Å². The third kappa shape index (κ3) is 11.5. The summed E-state index contributed by atoms with van der Waals surface area (Å²) in [6, 6.07) is 3.67. The number of aromatic amines is 2. The van der Waals surface area contributed by atoms with Crippen molar-refractivity contribution in [1.29, 1.82) is 0 Å². The standard InChI is InChI=1S/2C3H4N2.2ClH.Mn/c2*1-2-4-5-3-1;;;/h2*1-3H,(H,4,5);2*1H;/q;;;;+2/p-2. The van der Waals surface area contributed by atoms with E-state index in [0.29, 0.717) is 0 Å². The first kappa shape index (κ1) is 12.5. The molecule has 0 aliphatic rings. The minimum absolute atomic E-state index is 0.00694. The predicted octanol–water partition coefficient (Wildman–Crippen LogP) is 2.20. The molecule has 0 spiro atoms. The molecule has 73 valence electrons. The molecule has 0 aliphatic carbocycles. The van der Waals surface area contributed by atoms with Crippen molar-refractivity contribution in [3.05, 3.63) is 36.9 Å². The van der Waals surface area contributed by atoms with E-state index in [9.17, 15) is 0 Å². The van der Waals surface area contributed by atoms with Crippen LogP contribution in [0.4, 0.5) is 0 Å². The van der Waals surface area contributed by atoms with Gasteiger partial charge in [-0.05, 0) is 12.1 Å². The molecule has 2 heterocycles. The van der Waals surface area contributed by atoms with Crippen LogP contribution in [0.2, 0.25) is 0 Å². The summed E-state index contributed by atoms with van der Waals surface area (Å²) in [5.74, 6) is 0. The Labute approximate surface area is 90.6 Å². The third-order valence-corrected chi connectivity index (χ3v) is 0.812. The summed E-state index contributed by atoms with van der Waals surface area (Å²) in [5.41, 5.74) is 0. The van der Waals surface area contributed by atoms with E-state index in [1.807, 2.05) is 12.1 Å². The van der Waals surface area contributed by atoms with Crippen LogP contribution in [0, 0.1) is 0 Å². The molecular weight excluding hydrogens is 254 g/mol. The predicted molar refractivity (Wildman–Crippen MR) is 48.9 cm³/mol. The minimum Gasteiger partial charge on any atom is -0.286 e. The monoisotopic (exact) mass is 261 g/mol. The molecule has 2 aromatic rings. The molecule has 0 amide bonds. The maximum absolute atomic E-state index is 4.80. The van der Waals surface area contributed by atoms with Crippen LogP contribution in [-0.4, -0.2) is 20.4 Å². The van der Waals surface area contributed by atoms with Crippen LogP contribution in [-0.2, 0) is 13.1 Å². The molecule has 0 bridgehead atoms. The molecule has 0 atom stereocenters. The molecule has 7 heteroatoms. The number of aromatic nitrogens is 4. The fourth-order valence-electron chi connectivity index (χ4n) is 0.430. The van der Waals surface area contributed by atoms with Crippen molar-refractivity contribution >= 4 is 20.2 Å². The largest absolute Gasteiger partial charge is 0.286 e. The van der Waals surface area contributed by atoms with Gasteiger partial charge >= 0.3 is 33.3 Å². The molecule has 0 radical (unpaired) electrons. The Morgan fingerprint density at radius 3 is 1.38 bits per heavy atom. The topological polar surface area (TPSA) is 57.4 Å². The van der Waals surface area contributed by atoms with Gasteiger partial charge in [0.2, 0.25) is 0 Å². The molecule has 0 fully saturated rings. The van der Waals surface area contributed by atoms with E-state index >= 15 is 0 Å². The molecular formula is C6H8Cl2MnN4. The summed E-state index contributed by atoms with van der Waals surface area (Å²) in [6.45, 7) is 0. The van der Waals surface area contributed by atoms with Crippen LogP contribution >= 0.6 is 20.2 Å². The summed E-state index contributed by atoms with van der Waals surface area (Å²) < 4.78 is 0. The smallest absolute Gasteiger partial charge is 0.0487 e. The van der Waals surface area contributed by atoms with Crippen LogP contribution < -0.4 is 0 Å². The fraction of sp³-hybridized carbons (Fsp3) is 0. The number of nitrogens with zero attached hydrogens (tertiary/aromatic N) is 2. The van der Waals surface area contributed by atoms with Crippen LogP contribution in [0.15, 0.2) is 36.9 Å². The molecule has 0 saturated carbocycles. The van der Waals surface area contributed by atoms with Crippen molar-refractivity contribution < 1.29 is 13.1 Å². The van der Waals surface area contributed by atoms with Crippen molar-refractivity contribution in [2.24, 2.45) is 0 Å². The Morgan fingerprint density at radius 2 is 1.31 bits per heavy atom. The van der Waals surface area contributed by atoms with Gasteiger partial charge in [0.05, 0.1) is 0 Å². The second-order valence-electron chi connectivity index (χ2n) is 1.59. The molecule has 0 unspecified atom stereocenters. The van der Waals surface area contributed by atoms with Crippen molar-refractivity contribution in [1.82, 2.24) is 20.4 Å². The Balaban J connectivity index is 0.000000174. The molecule has 2 N–H and O–H groups in total. The zero-order valence-corrected chi connectivity index (χ0v) is 9.18. The molecule has 13 heavy (non-hydrogen) atoms. The number of halogens is 2. The van der Waals surface area contributed by atoms with E-state index in [-0.39, 0.29) is 13.1 Å². The van der Waals surface area contributed by atoms with Crippen molar-refractivity contribution in [2.45, 2.75) is 0 Å². The second kappa shape index (κ2) is 11.5. The maximum atomic E-state index is 4.80. The van der Waals surface area contributed by atoms with E-state index in [1.54, 1.807) is 24.8 Å². The zero-order chi connectivity index (χ0) is 9.78. The normalized spacial score (nSPS) is 7.54. The van der Waals surface area contributed by atoms with Gasteiger partial charge in [0.1, 0.15) is 0 Å². The van der Waals surface area contributed by atoms with Gasteiger partial charge in [-0.3, -0.25) is 10.2 Å². The summed E-state index contributed by atoms with van der Waals surface area (Å²) in [4.78, 5) is 0. The number of hydrogen-bond acceptors (Lipinski definition) is 2. The summed E-state index contributed by atoms with van der Waals surface area (Å²) in [5, 5.41) is 12.4. The number of hydrogen-bond donors (Lipinski definition) is 2. The number of H-pyrrole nitrogens is 2. The van der Waals surface area contributed by atoms with E-state index in [1.165, 1.54) is 0 Å². The van der Waals surface area contributed by atoms with Gasteiger partial charge < -0.3 is 0 Å². The Kier molecular flexibility index (Phi) is 11.1. The van der Waals surface area contributed by atoms with E-state index < -0.39 is 0 Å². The number of nitrogens with one attached hydrogen (secondary N) is 2. The molecule has 0 saturated heterocycles. The average Bonchev–Trinajstić information content (AvgIpc) is 2.85. The van der Waals surface area contributed by atoms with Gasteiger partial charge in [-0.1, -0.05) is 0 Å². The van der Waals surface area contributed by atoms with Gasteiger partial charge in [0, 0.05) is 24.8 Å². The van der Waals surface area contributed by atoms with E-state index in [0.717, 1.165) is 0 Å². The van der Waals surface area contributed by atoms with Gasteiger partial charge in [0.25, 0.3) is 0 Å². The molecule has 2 aromatic heterocycles. The summed E-state index contributed by atoms with van der Waals surface area (Å²) in [6.07, 6.45) is 6.92. The minimum atomic E-state index is 0.00694. The van der Waals surface area contributed by atoms with Crippen molar-refractivity contribution in [3.63, 3.8) is 0 Å². The van der Waals surface area contributed by atoms with Crippen LogP contribution in [0.1, 0.15) is 0 Å². The van der Waals surface area contributed by atoms with Crippen LogP contribution in [0.25, 0.3) is 0 Å². The van der Waals surface area contributed by atoms with Gasteiger partial charge in [-0.2, -0.15) is 10.2 Å². The summed E-state index contributed by atoms with van der Waals surface area (Å²) in [7, 11) is 9.59. The van der Waals surface area contributed by atoms with E-state index in [4.69, 9.17) is 20.2 Å². The van der Waals surface area contributed by atoms with Crippen molar-refractivity contribution in [3.8, 4) is 0 Å². The third-order valence-electron chi connectivity index (χ3n) is 0.812.